The zero-order valence-corrected chi connectivity index (χ0v) is 22.6. The van der Waals surface area contributed by atoms with Crippen molar-refractivity contribution in [3.05, 3.63) is 64.9 Å². The van der Waals surface area contributed by atoms with E-state index in [4.69, 9.17) is 21.1 Å². The Bertz CT molecular complexity index is 1430. The van der Waals surface area contributed by atoms with Gasteiger partial charge in [-0.1, -0.05) is 49.7 Å². The fourth-order valence-corrected chi connectivity index (χ4v) is 5.67. The Morgan fingerprint density at radius 2 is 1.57 bits per heavy atom. The van der Waals surface area contributed by atoms with E-state index in [1.807, 2.05) is 24.3 Å². The molecule has 0 spiro atoms. The first kappa shape index (κ1) is 28.1. The number of ether oxygens (including phenoxy) is 2. The molecule has 3 aromatic rings. The standard InChI is InChI=1S/C29H30ClNO9/c1-29(2)12-19-22(15-5-9-17(32)10-6-15)21(14-3-7-16(30)8-4-14)18(31(19)13-29)11-20(33)39-28-25(36)23(34)24(35)26(40-28)27(37)38/h3-10,23-26,28,32,34-36H,11-13H2,1-2H3,(H,37,38)/t23-,24-,25+,26-,28+/m0/s1. The van der Waals surface area contributed by atoms with E-state index >= 15 is 0 Å². The predicted molar refractivity (Wildman–Crippen MR) is 144 cm³/mol. The highest BCUT2D eigenvalue weighted by Gasteiger charge is 2.48. The molecule has 3 heterocycles. The van der Waals surface area contributed by atoms with Crippen molar-refractivity contribution in [2.75, 3.05) is 0 Å². The van der Waals surface area contributed by atoms with Gasteiger partial charge in [0.2, 0.25) is 6.29 Å². The van der Waals surface area contributed by atoms with E-state index in [2.05, 4.69) is 18.4 Å². The molecule has 212 valence electrons. The maximum atomic E-state index is 13.3. The molecule has 5 N–H and O–H groups in total. The molecular weight excluding hydrogens is 542 g/mol. The third-order valence-electron chi connectivity index (χ3n) is 7.37. The van der Waals surface area contributed by atoms with Crippen molar-refractivity contribution in [3.8, 4) is 28.0 Å². The van der Waals surface area contributed by atoms with Gasteiger partial charge in [0.05, 0.1) is 6.42 Å². The molecule has 5 rings (SSSR count). The minimum absolute atomic E-state index is 0.115. The quantitative estimate of drug-likeness (QED) is 0.280. The van der Waals surface area contributed by atoms with Gasteiger partial charge in [-0.15, -0.1) is 0 Å². The molecule has 0 unspecified atom stereocenters. The number of benzene rings is 2. The molecule has 10 nitrogen and oxygen atoms in total. The second-order valence-electron chi connectivity index (χ2n) is 11.0. The van der Waals surface area contributed by atoms with Gasteiger partial charge in [-0.3, -0.25) is 4.79 Å². The Labute approximate surface area is 235 Å². The van der Waals surface area contributed by atoms with Crippen molar-refractivity contribution < 1.29 is 44.6 Å². The van der Waals surface area contributed by atoms with Gasteiger partial charge in [0.25, 0.3) is 0 Å². The summed E-state index contributed by atoms with van der Waals surface area (Å²) in [6.45, 7) is 4.85. The average molecular weight is 572 g/mol. The summed E-state index contributed by atoms with van der Waals surface area (Å²) in [5.41, 5.74) is 4.83. The molecule has 1 aromatic heterocycles. The molecule has 1 saturated heterocycles. The number of rotatable bonds is 6. The largest absolute Gasteiger partial charge is 0.508 e. The van der Waals surface area contributed by atoms with Gasteiger partial charge >= 0.3 is 11.9 Å². The molecule has 0 saturated carbocycles. The number of aliphatic hydroxyl groups excluding tert-OH is 3. The van der Waals surface area contributed by atoms with Crippen LogP contribution in [0.25, 0.3) is 22.3 Å². The number of phenolic OH excluding ortho intramolecular Hbond substituents is 1. The van der Waals surface area contributed by atoms with Crippen molar-refractivity contribution in [1.29, 1.82) is 0 Å². The summed E-state index contributed by atoms with van der Waals surface area (Å²) in [4.78, 5) is 24.8. The fourth-order valence-electron chi connectivity index (χ4n) is 5.54. The number of hydrogen-bond donors (Lipinski definition) is 5. The van der Waals surface area contributed by atoms with E-state index in [1.165, 1.54) is 0 Å². The Kier molecular flexibility index (Phi) is 7.41. The first-order valence-corrected chi connectivity index (χ1v) is 13.2. The number of halogens is 1. The summed E-state index contributed by atoms with van der Waals surface area (Å²) in [5.74, 6) is -2.28. The van der Waals surface area contributed by atoms with Crippen molar-refractivity contribution >= 4 is 23.5 Å². The number of esters is 1. The Balaban J connectivity index is 1.57. The zero-order chi connectivity index (χ0) is 28.9. The van der Waals surface area contributed by atoms with E-state index in [0.29, 0.717) is 23.7 Å². The molecule has 0 amide bonds. The highest BCUT2D eigenvalue weighted by atomic mass is 35.5. The average Bonchev–Trinajstić information content (AvgIpc) is 3.35. The monoisotopic (exact) mass is 571 g/mol. The van der Waals surface area contributed by atoms with Crippen molar-refractivity contribution in [2.24, 2.45) is 5.41 Å². The lowest BCUT2D eigenvalue weighted by atomic mass is 9.86. The van der Waals surface area contributed by atoms with Crippen molar-refractivity contribution in [3.63, 3.8) is 0 Å². The summed E-state index contributed by atoms with van der Waals surface area (Å²) in [7, 11) is 0. The van der Waals surface area contributed by atoms with Gasteiger partial charge in [0, 0.05) is 34.1 Å². The Hall–Kier alpha value is -3.41. The first-order chi connectivity index (χ1) is 18.9. The number of carboxylic acids is 1. The van der Waals surface area contributed by atoms with Crippen LogP contribution in [-0.4, -0.2) is 72.7 Å². The van der Waals surface area contributed by atoms with Crippen LogP contribution in [0.2, 0.25) is 5.02 Å². The normalized spacial score (nSPS) is 25.4. The SMILES string of the molecule is CC1(C)Cc2c(-c3ccc(O)cc3)c(-c3ccc(Cl)cc3)c(CC(=O)O[C@@H]3O[C@H](C(=O)O)[C@@H](O)[C@H](O)[C@H]3O)n2C1. The molecule has 2 aliphatic heterocycles. The van der Waals surface area contributed by atoms with Crippen molar-refractivity contribution in [2.45, 2.75) is 63.9 Å². The van der Waals surface area contributed by atoms with Crippen LogP contribution >= 0.6 is 11.6 Å². The molecule has 5 atom stereocenters. The molecule has 2 aliphatic rings. The second kappa shape index (κ2) is 10.5. The van der Waals surface area contributed by atoms with Gasteiger partial charge in [0.15, 0.2) is 6.10 Å². The van der Waals surface area contributed by atoms with Crippen LogP contribution < -0.4 is 0 Å². The third-order valence-corrected chi connectivity index (χ3v) is 7.62. The van der Waals surface area contributed by atoms with Gasteiger partial charge in [0.1, 0.15) is 24.1 Å². The molecule has 0 radical (unpaired) electrons. The third kappa shape index (κ3) is 5.21. The molecule has 0 bridgehead atoms. The van der Waals surface area contributed by atoms with Gasteiger partial charge in [-0.25, -0.2) is 4.79 Å². The molecular formula is C29H30ClNO9. The number of nitrogens with zero attached hydrogens (tertiary/aromatic N) is 1. The first-order valence-electron chi connectivity index (χ1n) is 12.8. The molecule has 0 aliphatic carbocycles. The topological polar surface area (TPSA) is 159 Å². The number of aliphatic hydroxyl groups is 3. The number of phenols is 1. The second-order valence-corrected chi connectivity index (χ2v) is 11.5. The number of carboxylic acid groups (broad SMARTS) is 1. The number of fused-ring (bicyclic) bond motifs is 1. The van der Waals surface area contributed by atoms with Crippen molar-refractivity contribution in [1.82, 2.24) is 4.57 Å². The van der Waals surface area contributed by atoms with Crippen LogP contribution in [0.1, 0.15) is 25.2 Å². The minimum atomic E-state index is -1.90. The Morgan fingerprint density at radius 1 is 0.975 bits per heavy atom. The smallest absolute Gasteiger partial charge is 0.335 e. The van der Waals surface area contributed by atoms with Gasteiger partial charge in [-0.2, -0.15) is 0 Å². The zero-order valence-electron chi connectivity index (χ0n) is 21.8. The van der Waals surface area contributed by atoms with Gasteiger partial charge in [-0.05, 0) is 47.2 Å². The highest BCUT2D eigenvalue weighted by Crippen LogP contribution is 2.47. The summed E-state index contributed by atoms with van der Waals surface area (Å²) >= 11 is 6.16. The maximum absolute atomic E-state index is 13.3. The van der Waals surface area contributed by atoms with E-state index in [-0.39, 0.29) is 17.6 Å². The van der Waals surface area contributed by atoms with Crippen LogP contribution in [0.4, 0.5) is 0 Å². The lowest BCUT2D eigenvalue weighted by Gasteiger charge is -2.38. The lowest BCUT2D eigenvalue weighted by molar-refractivity contribution is -0.286. The van der Waals surface area contributed by atoms with Crippen LogP contribution in [-0.2, 0) is 38.4 Å². The maximum Gasteiger partial charge on any atom is 0.335 e. The number of carbonyl (C=O) groups excluding carboxylic acids is 1. The number of carbonyl (C=O) groups is 2. The molecule has 2 aromatic carbocycles. The predicted octanol–water partition coefficient (Wildman–Crippen LogP) is 2.74. The number of aromatic hydroxyl groups is 1. The summed E-state index contributed by atoms with van der Waals surface area (Å²) < 4.78 is 12.6. The van der Waals surface area contributed by atoms with Crippen LogP contribution in [0.5, 0.6) is 5.75 Å². The minimum Gasteiger partial charge on any atom is -0.508 e. The van der Waals surface area contributed by atoms with E-state index in [0.717, 1.165) is 27.9 Å². The summed E-state index contributed by atoms with van der Waals surface area (Å²) in [6.07, 6.45) is -8.88. The van der Waals surface area contributed by atoms with Crippen LogP contribution in [0, 0.1) is 5.41 Å². The Morgan fingerprint density at radius 3 is 2.20 bits per heavy atom. The molecule has 11 heteroatoms. The van der Waals surface area contributed by atoms with E-state index < -0.39 is 42.6 Å². The highest BCUT2D eigenvalue weighted by molar-refractivity contribution is 6.30. The summed E-state index contributed by atoms with van der Waals surface area (Å²) in [5, 5.41) is 50.2. The summed E-state index contributed by atoms with van der Waals surface area (Å²) in [6, 6.07) is 14.0. The van der Waals surface area contributed by atoms with Gasteiger partial charge < -0.3 is 39.6 Å². The number of aromatic nitrogens is 1. The van der Waals surface area contributed by atoms with E-state index in [1.54, 1.807) is 24.3 Å². The molecule has 1 fully saturated rings. The van der Waals surface area contributed by atoms with Crippen LogP contribution in [0.15, 0.2) is 48.5 Å². The van der Waals surface area contributed by atoms with Crippen LogP contribution in [0.3, 0.4) is 0 Å². The fraction of sp³-hybridized carbons (Fsp3) is 0.379. The number of aliphatic carboxylic acids is 1. The molecule has 40 heavy (non-hydrogen) atoms. The lowest BCUT2D eigenvalue weighted by Crippen LogP contribution is -2.60. The van der Waals surface area contributed by atoms with E-state index in [9.17, 15) is 35.1 Å². The number of hydrogen-bond acceptors (Lipinski definition) is 8.